The van der Waals surface area contributed by atoms with Gasteiger partial charge in [-0.1, -0.05) is 13.8 Å². The van der Waals surface area contributed by atoms with Gasteiger partial charge in [0, 0.05) is 19.2 Å². The number of hydrogen-bond donors (Lipinski definition) is 2. The standard InChI is InChI=1S/C15H21FN2O3/c1-10(2)13(15(20)17-8-9-21-3)18-14(19)11-4-6-12(16)7-5-11/h4-7,10,13H,8-9H2,1-3H3,(H,17,20)(H,18,19). The van der Waals surface area contributed by atoms with Crippen LogP contribution in [-0.2, 0) is 9.53 Å². The number of amides is 2. The van der Waals surface area contributed by atoms with E-state index in [4.69, 9.17) is 4.74 Å². The van der Waals surface area contributed by atoms with Gasteiger partial charge < -0.3 is 15.4 Å². The molecule has 5 nitrogen and oxygen atoms in total. The molecule has 0 spiro atoms. The van der Waals surface area contributed by atoms with Crippen molar-refractivity contribution in [3.05, 3.63) is 35.6 Å². The van der Waals surface area contributed by atoms with Gasteiger partial charge in [-0.25, -0.2) is 4.39 Å². The summed E-state index contributed by atoms with van der Waals surface area (Å²) in [5, 5.41) is 5.36. The molecule has 1 rings (SSSR count). The largest absolute Gasteiger partial charge is 0.383 e. The summed E-state index contributed by atoms with van der Waals surface area (Å²) in [6, 6.07) is 4.52. The molecule has 1 atom stereocenters. The van der Waals surface area contributed by atoms with E-state index >= 15 is 0 Å². The lowest BCUT2D eigenvalue weighted by Gasteiger charge is -2.21. The zero-order valence-corrected chi connectivity index (χ0v) is 12.5. The van der Waals surface area contributed by atoms with Gasteiger partial charge in [-0.15, -0.1) is 0 Å². The average Bonchev–Trinajstić information content (AvgIpc) is 2.45. The maximum Gasteiger partial charge on any atom is 0.251 e. The zero-order chi connectivity index (χ0) is 15.8. The van der Waals surface area contributed by atoms with E-state index in [1.807, 2.05) is 13.8 Å². The van der Waals surface area contributed by atoms with Crippen LogP contribution in [0.15, 0.2) is 24.3 Å². The van der Waals surface area contributed by atoms with Crippen LogP contribution < -0.4 is 10.6 Å². The SMILES string of the molecule is COCCNC(=O)C(NC(=O)c1ccc(F)cc1)C(C)C. The summed E-state index contributed by atoms with van der Waals surface area (Å²) in [4.78, 5) is 24.1. The molecule has 21 heavy (non-hydrogen) atoms. The van der Waals surface area contributed by atoms with Crippen molar-refractivity contribution in [2.75, 3.05) is 20.3 Å². The Kier molecular flexibility index (Phi) is 6.81. The van der Waals surface area contributed by atoms with Crippen molar-refractivity contribution in [3.63, 3.8) is 0 Å². The lowest BCUT2D eigenvalue weighted by molar-refractivity contribution is -0.124. The van der Waals surface area contributed by atoms with Gasteiger partial charge in [0.25, 0.3) is 5.91 Å². The molecule has 0 aliphatic rings. The summed E-state index contributed by atoms with van der Waals surface area (Å²) in [5.74, 6) is -1.16. The van der Waals surface area contributed by atoms with E-state index < -0.39 is 17.8 Å². The molecule has 0 aliphatic heterocycles. The second-order valence-corrected chi connectivity index (χ2v) is 4.99. The van der Waals surface area contributed by atoms with E-state index in [2.05, 4.69) is 10.6 Å². The van der Waals surface area contributed by atoms with Crippen LogP contribution in [0.3, 0.4) is 0 Å². The third-order valence-electron chi connectivity index (χ3n) is 2.95. The normalized spacial score (nSPS) is 12.0. The highest BCUT2D eigenvalue weighted by Gasteiger charge is 2.24. The average molecular weight is 296 g/mol. The van der Waals surface area contributed by atoms with E-state index in [1.165, 1.54) is 24.3 Å². The maximum atomic E-state index is 12.8. The second-order valence-electron chi connectivity index (χ2n) is 4.99. The molecule has 0 fully saturated rings. The molecule has 1 unspecified atom stereocenters. The maximum absolute atomic E-state index is 12.8. The van der Waals surface area contributed by atoms with Gasteiger partial charge >= 0.3 is 0 Å². The molecule has 2 N–H and O–H groups in total. The molecule has 0 aromatic heterocycles. The fourth-order valence-corrected chi connectivity index (χ4v) is 1.75. The van der Waals surface area contributed by atoms with Crippen LogP contribution in [0.5, 0.6) is 0 Å². The molecule has 0 heterocycles. The summed E-state index contributed by atoms with van der Waals surface area (Å²) in [6.07, 6.45) is 0. The lowest BCUT2D eigenvalue weighted by atomic mass is 10.0. The minimum Gasteiger partial charge on any atom is -0.383 e. The number of ether oxygens (including phenoxy) is 1. The van der Waals surface area contributed by atoms with E-state index in [0.717, 1.165) is 0 Å². The Bertz CT molecular complexity index is 474. The second kappa shape index (κ2) is 8.36. The van der Waals surface area contributed by atoms with Crippen molar-refractivity contribution in [2.45, 2.75) is 19.9 Å². The number of hydrogen-bond acceptors (Lipinski definition) is 3. The van der Waals surface area contributed by atoms with Gasteiger partial charge in [-0.3, -0.25) is 9.59 Å². The fourth-order valence-electron chi connectivity index (χ4n) is 1.75. The van der Waals surface area contributed by atoms with Gasteiger partial charge in [-0.05, 0) is 30.2 Å². The Balaban J connectivity index is 2.67. The molecule has 1 aromatic rings. The predicted octanol–water partition coefficient (Wildman–Crippen LogP) is 1.34. The minimum absolute atomic E-state index is 0.0723. The summed E-state index contributed by atoms with van der Waals surface area (Å²) in [6.45, 7) is 4.46. The molecule has 0 saturated heterocycles. The van der Waals surface area contributed by atoms with Crippen LogP contribution in [-0.4, -0.2) is 38.1 Å². The number of methoxy groups -OCH3 is 1. The van der Waals surface area contributed by atoms with Gasteiger partial charge in [0.2, 0.25) is 5.91 Å². The molecule has 0 radical (unpaired) electrons. The quantitative estimate of drug-likeness (QED) is 0.746. The smallest absolute Gasteiger partial charge is 0.251 e. The van der Waals surface area contributed by atoms with E-state index in [0.29, 0.717) is 18.7 Å². The van der Waals surface area contributed by atoms with Crippen LogP contribution >= 0.6 is 0 Å². The van der Waals surface area contributed by atoms with Crippen molar-refractivity contribution in [3.8, 4) is 0 Å². The molecule has 2 amide bonds. The Labute approximate surface area is 123 Å². The first-order valence-electron chi connectivity index (χ1n) is 6.78. The molecule has 1 aromatic carbocycles. The van der Waals surface area contributed by atoms with Crippen LogP contribution in [0.2, 0.25) is 0 Å². The van der Waals surface area contributed by atoms with Crippen LogP contribution in [0.25, 0.3) is 0 Å². The lowest BCUT2D eigenvalue weighted by Crippen LogP contribution is -2.50. The Morgan fingerprint density at radius 3 is 2.38 bits per heavy atom. The van der Waals surface area contributed by atoms with Crippen molar-refractivity contribution in [1.82, 2.24) is 10.6 Å². The molecular formula is C15H21FN2O3. The molecule has 0 bridgehead atoms. The highest BCUT2D eigenvalue weighted by Crippen LogP contribution is 2.06. The van der Waals surface area contributed by atoms with Gasteiger partial charge in [0.05, 0.1) is 6.61 Å². The Hall–Kier alpha value is -1.95. The summed E-state index contributed by atoms with van der Waals surface area (Å²) in [7, 11) is 1.54. The first-order chi connectivity index (χ1) is 9.95. The van der Waals surface area contributed by atoms with Crippen molar-refractivity contribution >= 4 is 11.8 Å². The number of carbonyl (C=O) groups is 2. The first-order valence-corrected chi connectivity index (χ1v) is 6.78. The number of halogens is 1. The van der Waals surface area contributed by atoms with Gasteiger partial charge in [-0.2, -0.15) is 0 Å². The Morgan fingerprint density at radius 2 is 1.86 bits per heavy atom. The number of rotatable bonds is 7. The van der Waals surface area contributed by atoms with E-state index in [9.17, 15) is 14.0 Å². The highest BCUT2D eigenvalue weighted by atomic mass is 19.1. The molecule has 116 valence electrons. The topological polar surface area (TPSA) is 67.4 Å². The Morgan fingerprint density at radius 1 is 1.24 bits per heavy atom. The number of benzene rings is 1. The van der Waals surface area contributed by atoms with Crippen LogP contribution in [0.4, 0.5) is 4.39 Å². The minimum atomic E-state index is -0.653. The summed E-state index contributed by atoms with van der Waals surface area (Å²) >= 11 is 0. The summed E-state index contributed by atoms with van der Waals surface area (Å²) in [5.41, 5.74) is 0.312. The highest BCUT2D eigenvalue weighted by molar-refractivity contribution is 5.97. The fraction of sp³-hybridized carbons (Fsp3) is 0.467. The van der Waals surface area contributed by atoms with Crippen molar-refractivity contribution in [1.29, 1.82) is 0 Å². The molecule has 6 heteroatoms. The molecular weight excluding hydrogens is 275 g/mol. The molecule has 0 aliphatic carbocycles. The van der Waals surface area contributed by atoms with E-state index in [-0.39, 0.29) is 11.8 Å². The van der Waals surface area contributed by atoms with Crippen molar-refractivity contribution in [2.24, 2.45) is 5.92 Å². The first kappa shape index (κ1) is 17.1. The van der Waals surface area contributed by atoms with Gasteiger partial charge in [0.15, 0.2) is 0 Å². The predicted molar refractivity (Wildman–Crippen MR) is 77.4 cm³/mol. The number of nitrogens with one attached hydrogen (secondary N) is 2. The van der Waals surface area contributed by atoms with Gasteiger partial charge in [0.1, 0.15) is 11.9 Å². The third kappa shape index (κ3) is 5.51. The zero-order valence-electron chi connectivity index (χ0n) is 12.5. The summed E-state index contributed by atoms with van der Waals surface area (Å²) < 4.78 is 17.7. The van der Waals surface area contributed by atoms with E-state index in [1.54, 1.807) is 7.11 Å². The number of carbonyl (C=O) groups excluding carboxylic acids is 2. The third-order valence-corrected chi connectivity index (χ3v) is 2.95. The van der Waals surface area contributed by atoms with Crippen molar-refractivity contribution < 1.29 is 18.7 Å². The van der Waals surface area contributed by atoms with Crippen LogP contribution in [0.1, 0.15) is 24.2 Å². The molecule has 0 saturated carbocycles. The monoisotopic (exact) mass is 296 g/mol. The van der Waals surface area contributed by atoms with Crippen LogP contribution in [0, 0.1) is 11.7 Å².